The van der Waals surface area contributed by atoms with E-state index in [2.05, 4.69) is 34.9 Å². The molecule has 104 valence electrons. The summed E-state index contributed by atoms with van der Waals surface area (Å²) in [7, 11) is 0. The molecule has 0 bridgehead atoms. The predicted molar refractivity (Wildman–Crippen MR) is 73.5 cm³/mol. The van der Waals surface area contributed by atoms with Crippen molar-refractivity contribution in [2.45, 2.75) is 19.0 Å². The Morgan fingerprint density at radius 2 is 2.32 bits per heavy atom. The zero-order valence-corrected chi connectivity index (χ0v) is 11.0. The highest BCUT2D eigenvalue weighted by Gasteiger charge is 2.16. The summed E-state index contributed by atoms with van der Waals surface area (Å²) < 4.78 is 5.15. The van der Waals surface area contributed by atoms with Crippen LogP contribution in [0, 0.1) is 0 Å². The summed E-state index contributed by atoms with van der Waals surface area (Å²) in [4.78, 5) is 10.5. The molecule has 1 aromatic carbocycles. The number of ether oxygens (including phenoxy) is 1. The van der Waals surface area contributed by atoms with Crippen LogP contribution in [0.1, 0.15) is 23.6 Å². The number of hydrogen-bond acceptors (Lipinski definition) is 4. The summed E-state index contributed by atoms with van der Waals surface area (Å²) in [5, 5.41) is 6.89. The SMILES string of the molecule is NC(=O)COCCNC1CCNCc2ccccc21. The van der Waals surface area contributed by atoms with Gasteiger partial charge in [0, 0.05) is 19.1 Å². The van der Waals surface area contributed by atoms with Crippen molar-refractivity contribution in [1.29, 1.82) is 0 Å². The van der Waals surface area contributed by atoms with Crippen LogP contribution < -0.4 is 16.4 Å². The van der Waals surface area contributed by atoms with Gasteiger partial charge in [0.2, 0.25) is 5.91 Å². The lowest BCUT2D eigenvalue weighted by molar-refractivity contribution is -0.122. The van der Waals surface area contributed by atoms with Crippen molar-refractivity contribution in [1.82, 2.24) is 10.6 Å². The van der Waals surface area contributed by atoms with Crippen molar-refractivity contribution < 1.29 is 9.53 Å². The van der Waals surface area contributed by atoms with Crippen LogP contribution in [0.3, 0.4) is 0 Å². The zero-order chi connectivity index (χ0) is 13.5. The molecular weight excluding hydrogens is 242 g/mol. The van der Waals surface area contributed by atoms with Crippen molar-refractivity contribution in [2.24, 2.45) is 5.73 Å². The van der Waals surface area contributed by atoms with E-state index < -0.39 is 5.91 Å². The second kappa shape index (κ2) is 7.23. The third-order valence-corrected chi connectivity index (χ3v) is 3.24. The third-order valence-electron chi connectivity index (χ3n) is 3.24. The number of benzene rings is 1. The molecule has 1 unspecified atom stereocenters. The van der Waals surface area contributed by atoms with Crippen molar-refractivity contribution in [3.63, 3.8) is 0 Å². The van der Waals surface area contributed by atoms with Gasteiger partial charge in [0.1, 0.15) is 6.61 Å². The highest BCUT2D eigenvalue weighted by atomic mass is 16.5. The van der Waals surface area contributed by atoms with E-state index in [1.165, 1.54) is 11.1 Å². The molecule has 0 saturated heterocycles. The van der Waals surface area contributed by atoms with Gasteiger partial charge >= 0.3 is 0 Å². The molecule has 2 rings (SSSR count). The van der Waals surface area contributed by atoms with Crippen LogP contribution in [0.5, 0.6) is 0 Å². The molecule has 1 aliphatic heterocycles. The van der Waals surface area contributed by atoms with Gasteiger partial charge in [0.05, 0.1) is 6.61 Å². The van der Waals surface area contributed by atoms with Crippen LogP contribution in [0.4, 0.5) is 0 Å². The monoisotopic (exact) mass is 263 g/mol. The number of amides is 1. The average Bonchev–Trinajstić information content (AvgIpc) is 2.61. The second-order valence-electron chi connectivity index (χ2n) is 4.69. The fourth-order valence-electron chi connectivity index (χ4n) is 2.35. The van der Waals surface area contributed by atoms with Gasteiger partial charge in [-0.15, -0.1) is 0 Å². The summed E-state index contributed by atoms with van der Waals surface area (Å²) in [6, 6.07) is 8.81. The van der Waals surface area contributed by atoms with Crippen molar-refractivity contribution >= 4 is 5.91 Å². The standard InChI is InChI=1S/C14H21N3O2/c15-14(18)10-19-8-7-17-13-5-6-16-9-11-3-1-2-4-12(11)13/h1-4,13,16-17H,5-10H2,(H2,15,18). The number of hydrogen-bond donors (Lipinski definition) is 3. The van der Waals surface area contributed by atoms with Crippen LogP contribution in [0.15, 0.2) is 24.3 Å². The third kappa shape index (κ3) is 4.31. The van der Waals surface area contributed by atoms with E-state index in [1.807, 2.05) is 0 Å². The van der Waals surface area contributed by atoms with E-state index in [0.29, 0.717) is 19.2 Å². The molecule has 0 aromatic heterocycles. The van der Waals surface area contributed by atoms with Crippen LogP contribution in [-0.4, -0.2) is 32.2 Å². The average molecular weight is 263 g/mol. The van der Waals surface area contributed by atoms with Crippen LogP contribution >= 0.6 is 0 Å². The lowest BCUT2D eigenvalue weighted by Gasteiger charge is -2.18. The number of primary amides is 1. The van der Waals surface area contributed by atoms with Crippen LogP contribution in [-0.2, 0) is 16.1 Å². The Labute approximate surface area is 113 Å². The summed E-state index contributed by atoms with van der Waals surface area (Å²) >= 11 is 0. The number of nitrogens with two attached hydrogens (primary N) is 1. The van der Waals surface area contributed by atoms with Gasteiger partial charge in [0.25, 0.3) is 0 Å². The maximum absolute atomic E-state index is 10.5. The van der Waals surface area contributed by atoms with Crippen molar-refractivity contribution in [3.05, 3.63) is 35.4 Å². The van der Waals surface area contributed by atoms with Gasteiger partial charge in [-0.1, -0.05) is 24.3 Å². The largest absolute Gasteiger partial charge is 0.370 e. The molecular formula is C14H21N3O2. The molecule has 19 heavy (non-hydrogen) atoms. The Hall–Kier alpha value is -1.43. The predicted octanol–water partition coefficient (Wildman–Crippen LogP) is 0.313. The van der Waals surface area contributed by atoms with Gasteiger partial charge < -0.3 is 21.1 Å². The van der Waals surface area contributed by atoms with Crippen molar-refractivity contribution in [2.75, 3.05) is 26.3 Å². The molecule has 0 aliphatic carbocycles. The number of nitrogens with one attached hydrogen (secondary N) is 2. The van der Waals surface area contributed by atoms with E-state index in [0.717, 1.165) is 19.5 Å². The minimum atomic E-state index is -0.427. The molecule has 0 radical (unpaired) electrons. The Morgan fingerprint density at radius 3 is 3.16 bits per heavy atom. The van der Waals surface area contributed by atoms with Gasteiger partial charge in [-0.05, 0) is 24.1 Å². The highest BCUT2D eigenvalue weighted by molar-refractivity contribution is 5.74. The second-order valence-corrected chi connectivity index (χ2v) is 4.69. The fraction of sp³-hybridized carbons (Fsp3) is 0.500. The first-order valence-electron chi connectivity index (χ1n) is 6.65. The number of rotatable bonds is 6. The summed E-state index contributed by atoms with van der Waals surface area (Å²) in [5.41, 5.74) is 7.70. The Morgan fingerprint density at radius 1 is 1.47 bits per heavy atom. The molecule has 1 aromatic rings. The van der Waals surface area contributed by atoms with Gasteiger partial charge in [-0.2, -0.15) is 0 Å². The summed E-state index contributed by atoms with van der Waals surface area (Å²) in [6.45, 7) is 3.12. The normalized spacial score (nSPS) is 18.6. The number of carbonyl (C=O) groups excluding carboxylic acids is 1. The van der Waals surface area contributed by atoms with E-state index in [4.69, 9.17) is 10.5 Å². The summed E-state index contributed by atoms with van der Waals surface area (Å²) in [5.74, 6) is -0.427. The maximum Gasteiger partial charge on any atom is 0.243 e. The molecule has 1 heterocycles. The molecule has 1 amide bonds. The van der Waals surface area contributed by atoms with Crippen LogP contribution in [0.25, 0.3) is 0 Å². The van der Waals surface area contributed by atoms with E-state index in [1.54, 1.807) is 0 Å². The zero-order valence-electron chi connectivity index (χ0n) is 11.0. The molecule has 1 aliphatic rings. The molecule has 0 saturated carbocycles. The summed E-state index contributed by atoms with van der Waals surface area (Å²) in [6.07, 6.45) is 1.05. The van der Waals surface area contributed by atoms with Crippen molar-refractivity contribution in [3.8, 4) is 0 Å². The smallest absolute Gasteiger partial charge is 0.243 e. The molecule has 4 N–H and O–H groups in total. The van der Waals surface area contributed by atoms with E-state index in [-0.39, 0.29) is 6.61 Å². The van der Waals surface area contributed by atoms with Crippen LogP contribution in [0.2, 0.25) is 0 Å². The highest BCUT2D eigenvalue weighted by Crippen LogP contribution is 2.22. The molecule has 0 fully saturated rings. The first-order valence-corrected chi connectivity index (χ1v) is 6.65. The Kier molecular flexibility index (Phi) is 5.32. The lowest BCUT2D eigenvalue weighted by atomic mass is 9.99. The topological polar surface area (TPSA) is 76.4 Å². The first kappa shape index (κ1) is 14.0. The molecule has 0 spiro atoms. The minimum Gasteiger partial charge on any atom is -0.370 e. The fourth-order valence-corrected chi connectivity index (χ4v) is 2.35. The molecule has 5 heteroatoms. The Bertz CT molecular complexity index is 423. The van der Waals surface area contributed by atoms with Gasteiger partial charge in [-0.25, -0.2) is 0 Å². The Balaban J connectivity index is 1.84. The first-order chi connectivity index (χ1) is 9.27. The minimum absolute atomic E-state index is 0.00944. The molecule has 1 atom stereocenters. The van der Waals surface area contributed by atoms with E-state index >= 15 is 0 Å². The number of carbonyl (C=O) groups is 1. The lowest BCUT2D eigenvalue weighted by Crippen LogP contribution is -2.28. The van der Waals surface area contributed by atoms with Gasteiger partial charge in [-0.3, -0.25) is 4.79 Å². The number of fused-ring (bicyclic) bond motifs is 1. The maximum atomic E-state index is 10.5. The van der Waals surface area contributed by atoms with E-state index in [9.17, 15) is 4.79 Å². The quantitative estimate of drug-likeness (QED) is 0.646. The molecule has 5 nitrogen and oxygen atoms in total. The van der Waals surface area contributed by atoms with Gasteiger partial charge in [0.15, 0.2) is 0 Å².